The molecule has 1 fully saturated rings. The smallest absolute Gasteiger partial charge is 0.271 e. The number of aryl methyl sites for hydroxylation is 2. The van der Waals surface area contributed by atoms with Gasteiger partial charge in [-0.25, -0.2) is 4.98 Å². The molecule has 0 aliphatic heterocycles. The van der Waals surface area contributed by atoms with Crippen LogP contribution < -0.4 is 5.32 Å². The molecule has 1 amide bonds. The molecule has 130 valence electrons. The molecule has 1 aliphatic rings. The number of nitrogens with one attached hydrogen (secondary N) is 1. The van der Waals surface area contributed by atoms with Gasteiger partial charge in [0.05, 0.1) is 6.26 Å². The van der Waals surface area contributed by atoms with E-state index in [0.717, 1.165) is 30.6 Å². The first kappa shape index (κ1) is 16.0. The van der Waals surface area contributed by atoms with Crippen LogP contribution in [0, 0.1) is 13.8 Å². The average molecular weight is 358 g/mol. The fraction of sp³-hybridized carbons (Fsp3) is 0.412. The van der Waals surface area contributed by atoms with E-state index >= 15 is 0 Å². The number of aromatic nitrogens is 3. The van der Waals surface area contributed by atoms with Crippen molar-refractivity contribution < 1.29 is 13.7 Å². The minimum atomic E-state index is -0.574. The minimum absolute atomic E-state index is 0.212. The Kier molecular flexibility index (Phi) is 3.91. The molecule has 7 nitrogen and oxygen atoms in total. The van der Waals surface area contributed by atoms with E-state index in [1.165, 1.54) is 11.3 Å². The van der Waals surface area contributed by atoms with Crippen molar-refractivity contribution in [1.29, 1.82) is 0 Å². The van der Waals surface area contributed by atoms with Crippen LogP contribution in [0.3, 0.4) is 0 Å². The van der Waals surface area contributed by atoms with Crippen LogP contribution in [-0.4, -0.2) is 21.0 Å². The number of hydrogen-bond donors (Lipinski definition) is 1. The van der Waals surface area contributed by atoms with Gasteiger partial charge in [-0.1, -0.05) is 18.0 Å². The molecule has 0 spiro atoms. The molecule has 3 aromatic heterocycles. The van der Waals surface area contributed by atoms with E-state index in [1.807, 2.05) is 13.0 Å². The molecule has 1 saturated carbocycles. The van der Waals surface area contributed by atoms with E-state index in [-0.39, 0.29) is 5.91 Å². The Hall–Kier alpha value is -2.48. The lowest BCUT2D eigenvalue weighted by Gasteiger charge is -2.26. The van der Waals surface area contributed by atoms with Crippen molar-refractivity contribution >= 4 is 17.2 Å². The van der Waals surface area contributed by atoms with Crippen LogP contribution in [0.25, 0.3) is 10.8 Å². The summed E-state index contributed by atoms with van der Waals surface area (Å²) in [5, 5.41) is 7.88. The van der Waals surface area contributed by atoms with Crippen LogP contribution in [0.2, 0.25) is 0 Å². The Balaban J connectivity index is 1.62. The van der Waals surface area contributed by atoms with Crippen molar-refractivity contribution in [2.24, 2.45) is 0 Å². The van der Waals surface area contributed by atoms with Crippen LogP contribution in [-0.2, 0) is 5.54 Å². The van der Waals surface area contributed by atoms with Gasteiger partial charge >= 0.3 is 0 Å². The molecule has 1 N–H and O–H groups in total. The van der Waals surface area contributed by atoms with Gasteiger partial charge in [0.2, 0.25) is 5.89 Å². The van der Waals surface area contributed by atoms with Gasteiger partial charge in [0.1, 0.15) is 11.2 Å². The van der Waals surface area contributed by atoms with Crippen LogP contribution in [0.15, 0.2) is 27.3 Å². The first-order valence-electron chi connectivity index (χ1n) is 8.22. The molecule has 25 heavy (non-hydrogen) atoms. The highest BCUT2D eigenvalue weighted by Gasteiger charge is 2.42. The summed E-state index contributed by atoms with van der Waals surface area (Å²) in [6, 6.07) is 3.64. The van der Waals surface area contributed by atoms with Gasteiger partial charge in [-0.05, 0) is 31.9 Å². The van der Waals surface area contributed by atoms with Gasteiger partial charge < -0.3 is 14.3 Å². The maximum atomic E-state index is 12.9. The number of hydrogen-bond acceptors (Lipinski definition) is 7. The topological polar surface area (TPSA) is 94.1 Å². The maximum Gasteiger partial charge on any atom is 0.271 e. The third-order valence-corrected chi connectivity index (χ3v) is 5.49. The predicted octanol–water partition coefficient (Wildman–Crippen LogP) is 3.60. The second-order valence-corrected chi connectivity index (χ2v) is 7.48. The number of amides is 1. The van der Waals surface area contributed by atoms with E-state index in [4.69, 9.17) is 8.94 Å². The van der Waals surface area contributed by atoms with Crippen LogP contribution in [0.1, 0.15) is 52.8 Å². The summed E-state index contributed by atoms with van der Waals surface area (Å²) in [5.41, 5.74) is -0.154. The third kappa shape index (κ3) is 2.86. The maximum absolute atomic E-state index is 12.9. The quantitative estimate of drug-likeness (QED) is 0.766. The first-order chi connectivity index (χ1) is 12.1. The second kappa shape index (κ2) is 6.11. The molecule has 8 heteroatoms. The summed E-state index contributed by atoms with van der Waals surface area (Å²) in [6.07, 6.45) is 5.22. The highest BCUT2D eigenvalue weighted by molar-refractivity contribution is 7.15. The van der Waals surface area contributed by atoms with E-state index in [2.05, 4.69) is 20.4 Å². The molecular weight excluding hydrogens is 340 g/mol. The van der Waals surface area contributed by atoms with Gasteiger partial charge in [-0.3, -0.25) is 4.79 Å². The fourth-order valence-corrected chi connectivity index (χ4v) is 4.14. The summed E-state index contributed by atoms with van der Waals surface area (Å²) in [7, 11) is 0. The largest absolute Gasteiger partial charge is 0.462 e. The number of nitrogens with zero attached hydrogens (tertiary/aromatic N) is 3. The summed E-state index contributed by atoms with van der Waals surface area (Å²) in [6.45, 7) is 3.64. The number of carbonyl (C=O) groups excluding carboxylic acids is 1. The lowest BCUT2D eigenvalue weighted by Crippen LogP contribution is -2.45. The Morgan fingerprint density at radius 3 is 2.72 bits per heavy atom. The van der Waals surface area contributed by atoms with Crippen molar-refractivity contribution in [3.05, 3.63) is 40.7 Å². The summed E-state index contributed by atoms with van der Waals surface area (Å²) >= 11 is 1.44. The summed E-state index contributed by atoms with van der Waals surface area (Å²) < 4.78 is 10.5. The van der Waals surface area contributed by atoms with Crippen molar-refractivity contribution in [2.75, 3.05) is 0 Å². The van der Waals surface area contributed by atoms with Crippen molar-refractivity contribution in [2.45, 2.75) is 45.1 Å². The second-order valence-electron chi connectivity index (χ2n) is 6.28. The van der Waals surface area contributed by atoms with Crippen LogP contribution in [0.4, 0.5) is 0 Å². The highest BCUT2D eigenvalue weighted by Crippen LogP contribution is 2.38. The average Bonchev–Trinajstić information content (AvgIpc) is 3.33. The zero-order chi connectivity index (χ0) is 17.4. The van der Waals surface area contributed by atoms with Gasteiger partial charge in [-0.2, -0.15) is 4.98 Å². The summed E-state index contributed by atoms with van der Waals surface area (Å²) in [5.74, 6) is 1.50. The van der Waals surface area contributed by atoms with E-state index in [0.29, 0.717) is 28.2 Å². The highest BCUT2D eigenvalue weighted by atomic mass is 32.1. The van der Waals surface area contributed by atoms with E-state index in [9.17, 15) is 4.79 Å². The Morgan fingerprint density at radius 1 is 1.28 bits per heavy atom. The summed E-state index contributed by atoms with van der Waals surface area (Å²) in [4.78, 5) is 22.6. The Labute approximate surface area is 148 Å². The van der Waals surface area contributed by atoms with Crippen molar-refractivity contribution in [3.8, 4) is 10.8 Å². The first-order valence-corrected chi connectivity index (χ1v) is 9.04. The zero-order valence-corrected chi connectivity index (χ0v) is 14.9. The number of furan rings is 1. The number of carbonyl (C=O) groups is 1. The molecule has 4 rings (SSSR count). The molecule has 3 aromatic rings. The number of thiazole rings is 1. The van der Waals surface area contributed by atoms with Crippen molar-refractivity contribution in [1.82, 2.24) is 20.4 Å². The molecule has 3 heterocycles. The van der Waals surface area contributed by atoms with E-state index < -0.39 is 5.54 Å². The van der Waals surface area contributed by atoms with Crippen LogP contribution in [0.5, 0.6) is 0 Å². The van der Waals surface area contributed by atoms with E-state index in [1.54, 1.807) is 19.3 Å². The zero-order valence-electron chi connectivity index (χ0n) is 14.0. The van der Waals surface area contributed by atoms with Gasteiger partial charge in [-0.15, -0.1) is 11.3 Å². The minimum Gasteiger partial charge on any atom is -0.462 e. The third-order valence-electron chi connectivity index (χ3n) is 4.51. The monoisotopic (exact) mass is 358 g/mol. The molecule has 0 aromatic carbocycles. The molecule has 1 aliphatic carbocycles. The molecule has 0 bridgehead atoms. The van der Waals surface area contributed by atoms with Gasteiger partial charge in [0.15, 0.2) is 16.6 Å². The lowest BCUT2D eigenvalue weighted by atomic mass is 9.96. The fourth-order valence-electron chi connectivity index (χ4n) is 3.27. The normalized spacial score (nSPS) is 16.2. The molecule has 0 atom stereocenters. The Bertz CT molecular complexity index is 891. The number of rotatable bonds is 4. The van der Waals surface area contributed by atoms with Gasteiger partial charge in [0.25, 0.3) is 5.91 Å². The Morgan fingerprint density at radius 2 is 2.08 bits per heavy atom. The van der Waals surface area contributed by atoms with Gasteiger partial charge in [0, 0.05) is 11.8 Å². The lowest BCUT2D eigenvalue weighted by molar-refractivity contribution is 0.0887. The van der Waals surface area contributed by atoms with Crippen molar-refractivity contribution in [3.63, 3.8) is 0 Å². The molecular formula is C17H18N4O3S. The molecule has 0 saturated heterocycles. The predicted molar refractivity (Wildman–Crippen MR) is 91.2 cm³/mol. The molecule has 0 radical (unpaired) electrons. The molecule has 0 unspecified atom stereocenters. The van der Waals surface area contributed by atoms with Crippen LogP contribution >= 0.6 is 11.3 Å². The standard InChI is InChI=1S/C17H18N4O3S/c1-10-13(19-15(25-10)12-6-5-9-23-12)14(22)20-17(7-3-4-8-17)16-18-11(2)24-21-16/h5-6,9H,3-4,7-8H2,1-2H3,(H,20,22). The SMILES string of the molecule is Cc1nc(C2(NC(=O)c3nc(-c4ccco4)sc3C)CCCC2)no1.